The van der Waals surface area contributed by atoms with E-state index in [9.17, 15) is 10.0 Å². The summed E-state index contributed by atoms with van der Waals surface area (Å²) in [4.78, 5) is 10.8. The maximum atomic E-state index is 12.5. The lowest BCUT2D eigenvalue weighted by atomic mass is 9.79. The molecule has 0 bridgehead atoms. The molecule has 0 aromatic heterocycles. The molecule has 1 heterocycles. The Hall–Kier alpha value is -0.610. The van der Waals surface area contributed by atoms with Crippen molar-refractivity contribution < 1.29 is 9.90 Å². The van der Waals surface area contributed by atoms with Gasteiger partial charge in [0.15, 0.2) is 0 Å². The minimum atomic E-state index is -0.747. The van der Waals surface area contributed by atoms with Crippen molar-refractivity contribution in [2.45, 2.75) is 128 Å². The van der Waals surface area contributed by atoms with Crippen LogP contribution < -0.4 is 0 Å². The number of nitrogens with zero attached hydrogens (tertiary/aromatic N) is 1. The minimum Gasteiger partial charge on any atom is -0.785 e. The third kappa shape index (κ3) is 9.91. The molecular weight excluding hydrogens is 326 g/mol. The number of piperidine rings is 1. The average Bonchev–Trinajstić information content (AvgIpc) is 2.61. The standard InChI is InChI=1S/C22H42NO3/c1-2-3-4-5-6-7-8-9-10-11-12-17-22(19-15-16-21(24)25)18-13-14-20-23(22)26/h2-20H2,1H3,(H,24,25)/q-1. The number of carbonyl (C=O) groups is 1. The molecule has 154 valence electrons. The number of hydroxylamine groups is 2. The van der Waals surface area contributed by atoms with E-state index in [-0.39, 0.29) is 12.0 Å². The van der Waals surface area contributed by atoms with Crippen LogP contribution in [0.5, 0.6) is 0 Å². The second-order valence-corrected chi connectivity index (χ2v) is 8.32. The number of carboxylic acid groups (broad SMARTS) is 1. The van der Waals surface area contributed by atoms with Gasteiger partial charge < -0.3 is 15.4 Å². The highest BCUT2D eigenvalue weighted by molar-refractivity contribution is 5.66. The summed E-state index contributed by atoms with van der Waals surface area (Å²) in [5.41, 5.74) is -0.271. The van der Waals surface area contributed by atoms with Gasteiger partial charge in [-0.05, 0) is 38.6 Å². The highest BCUT2D eigenvalue weighted by atomic mass is 16.5. The van der Waals surface area contributed by atoms with Crippen molar-refractivity contribution in [3.63, 3.8) is 0 Å². The van der Waals surface area contributed by atoms with Gasteiger partial charge in [-0.25, -0.2) is 0 Å². The molecule has 1 rings (SSSR count). The number of hydrogen-bond acceptors (Lipinski definition) is 3. The molecule has 1 fully saturated rings. The first-order chi connectivity index (χ1) is 12.6. The molecule has 26 heavy (non-hydrogen) atoms. The van der Waals surface area contributed by atoms with Gasteiger partial charge in [0.25, 0.3) is 0 Å². The first-order valence-electron chi connectivity index (χ1n) is 11.3. The number of aliphatic carboxylic acids is 1. The van der Waals surface area contributed by atoms with E-state index < -0.39 is 5.97 Å². The van der Waals surface area contributed by atoms with Crippen LogP contribution in [0.1, 0.15) is 122 Å². The number of rotatable bonds is 16. The third-order valence-electron chi connectivity index (χ3n) is 6.06. The lowest BCUT2D eigenvalue weighted by Crippen LogP contribution is -2.48. The van der Waals surface area contributed by atoms with E-state index in [1.165, 1.54) is 69.3 Å². The maximum Gasteiger partial charge on any atom is 0.303 e. The van der Waals surface area contributed by atoms with Gasteiger partial charge in [-0.15, -0.1) is 0 Å². The van der Waals surface area contributed by atoms with E-state index in [2.05, 4.69) is 6.92 Å². The summed E-state index contributed by atoms with van der Waals surface area (Å²) in [5, 5.41) is 22.7. The first kappa shape index (κ1) is 23.4. The van der Waals surface area contributed by atoms with Crippen LogP contribution in [0.25, 0.3) is 0 Å². The van der Waals surface area contributed by atoms with E-state index in [0.717, 1.165) is 38.5 Å². The van der Waals surface area contributed by atoms with Crippen molar-refractivity contribution in [2.24, 2.45) is 0 Å². The third-order valence-corrected chi connectivity index (χ3v) is 6.06. The van der Waals surface area contributed by atoms with Gasteiger partial charge in [-0.2, -0.15) is 0 Å². The number of hydrogen-bond donors (Lipinski definition) is 1. The average molecular weight is 369 g/mol. The largest absolute Gasteiger partial charge is 0.785 e. The zero-order valence-corrected chi connectivity index (χ0v) is 17.1. The molecule has 0 radical (unpaired) electrons. The van der Waals surface area contributed by atoms with Crippen LogP contribution in [-0.4, -0.2) is 28.2 Å². The van der Waals surface area contributed by atoms with Crippen molar-refractivity contribution >= 4 is 5.97 Å². The predicted molar refractivity (Wildman–Crippen MR) is 109 cm³/mol. The number of unbranched alkanes of at least 4 members (excludes halogenated alkanes) is 10. The molecule has 0 aromatic rings. The van der Waals surface area contributed by atoms with Crippen LogP contribution in [-0.2, 0) is 4.79 Å². The van der Waals surface area contributed by atoms with Gasteiger partial charge >= 0.3 is 5.97 Å². The van der Waals surface area contributed by atoms with Gasteiger partial charge in [-0.1, -0.05) is 84.0 Å². The Balaban J connectivity index is 2.14. The molecule has 1 aliphatic heterocycles. The lowest BCUT2D eigenvalue weighted by Gasteiger charge is -2.52. The Bertz CT molecular complexity index is 361. The highest BCUT2D eigenvalue weighted by Gasteiger charge is 2.32. The quantitative estimate of drug-likeness (QED) is 0.309. The molecule has 0 aliphatic carbocycles. The summed E-state index contributed by atoms with van der Waals surface area (Å²) in [5.74, 6) is -0.747. The Morgan fingerprint density at radius 1 is 0.885 bits per heavy atom. The summed E-state index contributed by atoms with van der Waals surface area (Å²) < 4.78 is 0. The molecule has 1 aliphatic rings. The van der Waals surface area contributed by atoms with E-state index in [0.29, 0.717) is 13.0 Å². The summed E-state index contributed by atoms with van der Waals surface area (Å²) in [6.07, 6.45) is 20.1. The molecule has 0 aromatic carbocycles. The van der Waals surface area contributed by atoms with E-state index in [1.807, 2.05) is 0 Å². The summed E-state index contributed by atoms with van der Waals surface area (Å²) >= 11 is 0. The smallest absolute Gasteiger partial charge is 0.303 e. The van der Waals surface area contributed by atoms with Gasteiger partial charge in [0.1, 0.15) is 0 Å². The van der Waals surface area contributed by atoms with Crippen LogP contribution in [0.15, 0.2) is 0 Å². The Morgan fingerprint density at radius 3 is 1.96 bits per heavy atom. The fourth-order valence-electron chi connectivity index (χ4n) is 4.38. The van der Waals surface area contributed by atoms with Gasteiger partial charge in [0, 0.05) is 12.0 Å². The number of carboxylic acids is 1. The van der Waals surface area contributed by atoms with Crippen LogP contribution in [0, 0.1) is 5.21 Å². The molecular formula is C22H42NO3-. The minimum absolute atomic E-state index is 0.188. The van der Waals surface area contributed by atoms with Crippen molar-refractivity contribution in [1.29, 1.82) is 0 Å². The van der Waals surface area contributed by atoms with Gasteiger partial charge in [-0.3, -0.25) is 4.79 Å². The van der Waals surface area contributed by atoms with Crippen molar-refractivity contribution in [3.8, 4) is 0 Å². The molecule has 1 N–H and O–H groups in total. The normalized spacial score (nSPS) is 21.2. The maximum absolute atomic E-state index is 12.5. The summed E-state index contributed by atoms with van der Waals surface area (Å²) in [6, 6.07) is 0. The van der Waals surface area contributed by atoms with Crippen LogP contribution in [0.4, 0.5) is 0 Å². The fourth-order valence-corrected chi connectivity index (χ4v) is 4.38. The summed E-state index contributed by atoms with van der Waals surface area (Å²) in [6.45, 7) is 2.89. The second kappa shape index (κ2) is 14.4. The molecule has 4 heteroatoms. The second-order valence-electron chi connectivity index (χ2n) is 8.32. The van der Waals surface area contributed by atoms with E-state index in [1.54, 1.807) is 0 Å². The van der Waals surface area contributed by atoms with Crippen LogP contribution in [0.3, 0.4) is 0 Å². The van der Waals surface area contributed by atoms with Crippen molar-refractivity contribution in [3.05, 3.63) is 5.21 Å². The van der Waals surface area contributed by atoms with Gasteiger partial charge in [0.05, 0.1) is 0 Å². The topological polar surface area (TPSA) is 63.6 Å². The predicted octanol–water partition coefficient (Wildman–Crippen LogP) is 6.66. The molecule has 1 saturated heterocycles. The van der Waals surface area contributed by atoms with Crippen LogP contribution in [0.2, 0.25) is 0 Å². The fraction of sp³-hybridized carbons (Fsp3) is 0.955. The molecule has 0 amide bonds. The molecule has 0 saturated carbocycles. The Kier molecular flexibility index (Phi) is 13.0. The van der Waals surface area contributed by atoms with E-state index in [4.69, 9.17) is 5.11 Å². The molecule has 1 unspecified atom stereocenters. The molecule has 4 nitrogen and oxygen atoms in total. The molecule has 0 spiro atoms. The zero-order chi connectivity index (χ0) is 19.1. The SMILES string of the molecule is CCCCCCCCCCCCCC1(CCCC(=O)O)CCCCN1[O-]. The zero-order valence-electron chi connectivity index (χ0n) is 17.1. The monoisotopic (exact) mass is 368 g/mol. The Morgan fingerprint density at radius 2 is 1.42 bits per heavy atom. The lowest BCUT2D eigenvalue weighted by molar-refractivity contribution is -0.137. The Labute approximate surface area is 161 Å². The van der Waals surface area contributed by atoms with Crippen molar-refractivity contribution in [1.82, 2.24) is 5.06 Å². The first-order valence-corrected chi connectivity index (χ1v) is 11.3. The summed E-state index contributed by atoms with van der Waals surface area (Å²) in [7, 11) is 0. The van der Waals surface area contributed by atoms with Crippen molar-refractivity contribution in [2.75, 3.05) is 6.54 Å². The van der Waals surface area contributed by atoms with Crippen LogP contribution >= 0.6 is 0 Å². The molecule has 1 atom stereocenters. The van der Waals surface area contributed by atoms with Gasteiger partial charge in [0.2, 0.25) is 0 Å². The highest BCUT2D eigenvalue weighted by Crippen LogP contribution is 2.36. The van der Waals surface area contributed by atoms with E-state index >= 15 is 0 Å².